The molecule has 0 spiro atoms. The van der Waals surface area contributed by atoms with Gasteiger partial charge in [-0.15, -0.1) is 0 Å². The number of rotatable bonds is 7. The number of aromatic nitrogens is 4. The molecule has 0 amide bonds. The first-order valence-corrected chi connectivity index (χ1v) is 12.8. The Morgan fingerprint density at radius 2 is 1.89 bits per heavy atom. The van der Waals surface area contributed by atoms with Crippen molar-refractivity contribution in [3.05, 3.63) is 109 Å². The number of benzene rings is 3. The highest BCUT2D eigenvalue weighted by molar-refractivity contribution is 9.10. The second-order valence-corrected chi connectivity index (χ2v) is 10.0. The number of hydrogen-bond donors (Lipinski definition) is 1. The lowest BCUT2D eigenvalue weighted by Gasteiger charge is -2.28. The van der Waals surface area contributed by atoms with Crippen molar-refractivity contribution in [1.82, 2.24) is 20.2 Å². The summed E-state index contributed by atoms with van der Waals surface area (Å²) in [6, 6.07) is 19.5. The molecule has 4 aromatic rings. The van der Waals surface area contributed by atoms with E-state index >= 15 is 0 Å². The monoisotopic (exact) mass is 599 g/mol. The van der Waals surface area contributed by atoms with Crippen molar-refractivity contribution in [3.63, 3.8) is 0 Å². The van der Waals surface area contributed by atoms with Crippen molar-refractivity contribution >= 4 is 51.0 Å². The lowest BCUT2D eigenvalue weighted by molar-refractivity contribution is -0.140. The van der Waals surface area contributed by atoms with Crippen LogP contribution in [0.3, 0.4) is 0 Å². The van der Waals surface area contributed by atoms with Crippen molar-refractivity contribution in [2.24, 2.45) is 0 Å². The molecule has 11 heteroatoms. The predicted molar refractivity (Wildman–Crippen MR) is 143 cm³/mol. The molecule has 2 heterocycles. The van der Waals surface area contributed by atoms with Crippen molar-refractivity contribution in [2.45, 2.75) is 26.2 Å². The summed E-state index contributed by atoms with van der Waals surface area (Å²) in [6.45, 7) is 2.10. The van der Waals surface area contributed by atoms with Gasteiger partial charge in [0.15, 0.2) is 0 Å². The molecule has 0 radical (unpaired) electrons. The van der Waals surface area contributed by atoms with Crippen molar-refractivity contribution in [3.8, 4) is 5.75 Å². The third-order valence-corrected chi connectivity index (χ3v) is 6.89. The molecule has 188 valence electrons. The zero-order valence-corrected chi connectivity index (χ0v) is 22.6. The van der Waals surface area contributed by atoms with Crippen LogP contribution in [0.1, 0.15) is 29.7 Å². The van der Waals surface area contributed by atoms with E-state index in [-0.39, 0.29) is 13.2 Å². The third-order valence-electron chi connectivity index (χ3n) is 5.81. The van der Waals surface area contributed by atoms with Gasteiger partial charge in [0.1, 0.15) is 25.0 Å². The van der Waals surface area contributed by atoms with Gasteiger partial charge in [-0.1, -0.05) is 80.6 Å². The van der Waals surface area contributed by atoms with Gasteiger partial charge < -0.3 is 14.8 Å². The third kappa shape index (κ3) is 5.49. The van der Waals surface area contributed by atoms with Crippen LogP contribution in [0.5, 0.6) is 5.75 Å². The minimum Gasteiger partial charge on any atom is -0.488 e. The van der Waals surface area contributed by atoms with Crippen molar-refractivity contribution in [2.75, 3.05) is 5.32 Å². The van der Waals surface area contributed by atoms with Crippen molar-refractivity contribution in [1.29, 1.82) is 0 Å². The Bertz CT molecular complexity index is 1490. The van der Waals surface area contributed by atoms with Crippen molar-refractivity contribution < 1.29 is 14.3 Å². The molecule has 5 rings (SSSR count). The minimum absolute atomic E-state index is 0.128. The fourth-order valence-corrected chi connectivity index (χ4v) is 4.87. The molecule has 0 fully saturated rings. The number of allylic oxidation sites excluding steroid dienone is 1. The minimum atomic E-state index is -0.706. The highest BCUT2D eigenvalue weighted by Gasteiger charge is 2.37. The van der Waals surface area contributed by atoms with Crippen LogP contribution in [0.4, 0.5) is 5.95 Å². The Morgan fingerprint density at radius 1 is 1.08 bits per heavy atom. The zero-order valence-electron chi connectivity index (χ0n) is 19.5. The lowest BCUT2D eigenvalue weighted by Crippen LogP contribution is -2.30. The molecule has 8 nitrogen and oxygen atoms in total. The molecule has 1 unspecified atom stereocenters. The van der Waals surface area contributed by atoms with Gasteiger partial charge in [0, 0.05) is 31.3 Å². The number of anilines is 1. The van der Waals surface area contributed by atoms with Gasteiger partial charge in [-0.2, -0.15) is 4.68 Å². The van der Waals surface area contributed by atoms with E-state index in [9.17, 15) is 4.79 Å². The predicted octanol–water partition coefficient (Wildman–Crippen LogP) is 6.35. The maximum absolute atomic E-state index is 13.5. The first kappa shape index (κ1) is 25.3. The lowest BCUT2D eigenvalue weighted by atomic mass is 9.95. The molecule has 3 aromatic carbocycles. The second kappa shape index (κ2) is 10.9. The summed E-state index contributed by atoms with van der Waals surface area (Å²) >= 11 is 15.9. The van der Waals surface area contributed by atoms with E-state index in [0.29, 0.717) is 38.6 Å². The van der Waals surface area contributed by atoms with Crippen LogP contribution in [0.25, 0.3) is 0 Å². The Kier molecular flexibility index (Phi) is 7.45. The summed E-state index contributed by atoms with van der Waals surface area (Å²) in [5.74, 6) is 0.434. The number of esters is 1. The number of carbonyl (C=O) groups is 1. The summed E-state index contributed by atoms with van der Waals surface area (Å²) in [6.07, 6.45) is 0. The SMILES string of the molecule is CC1=C(C(=O)OCc2ccccc2)C(c2cc(Br)ccc2OCc2ccc(Cl)cc2Cl)n2nnnc2N1. The Morgan fingerprint density at radius 3 is 2.68 bits per heavy atom. The molecule has 0 aliphatic carbocycles. The highest BCUT2D eigenvalue weighted by atomic mass is 79.9. The number of fused-ring (bicyclic) bond motifs is 1. The maximum atomic E-state index is 13.5. The molecular weight excluding hydrogens is 581 g/mol. The molecule has 1 atom stereocenters. The van der Waals surface area contributed by atoms with Gasteiger partial charge in [-0.05, 0) is 53.2 Å². The molecule has 1 N–H and O–H groups in total. The van der Waals surface area contributed by atoms with E-state index in [2.05, 4.69) is 36.8 Å². The van der Waals surface area contributed by atoms with E-state index in [1.165, 1.54) is 4.68 Å². The highest BCUT2D eigenvalue weighted by Crippen LogP contribution is 2.40. The normalized spacial score (nSPS) is 14.6. The van der Waals surface area contributed by atoms with Crippen LogP contribution in [0.2, 0.25) is 10.0 Å². The topological polar surface area (TPSA) is 91.2 Å². The maximum Gasteiger partial charge on any atom is 0.338 e. The Hall–Kier alpha value is -3.40. The molecule has 1 aromatic heterocycles. The Balaban J connectivity index is 1.50. The largest absolute Gasteiger partial charge is 0.488 e. The van der Waals surface area contributed by atoms with E-state index in [0.717, 1.165) is 15.6 Å². The van der Waals surface area contributed by atoms with E-state index in [1.54, 1.807) is 19.1 Å². The number of halogens is 3. The number of nitrogens with zero attached hydrogens (tertiary/aromatic N) is 4. The first-order valence-electron chi connectivity index (χ1n) is 11.2. The standard InChI is InChI=1S/C26H20BrCl2N5O3/c1-15-23(25(35)37-13-16-5-3-2-4-6-16)24(34-26(30-15)31-32-33-34)20-11-18(27)8-10-22(20)36-14-17-7-9-19(28)12-21(17)29/h2-12,24H,13-14H2,1H3,(H,30,31,33). The summed E-state index contributed by atoms with van der Waals surface area (Å²) in [5.41, 5.74) is 3.26. The fraction of sp³-hybridized carbons (Fsp3) is 0.154. The fourth-order valence-electron chi connectivity index (χ4n) is 4.02. The first-order chi connectivity index (χ1) is 17.9. The number of nitrogens with one attached hydrogen (secondary N) is 1. The van der Waals surface area contributed by atoms with Gasteiger partial charge in [0.25, 0.3) is 0 Å². The van der Waals surface area contributed by atoms with Gasteiger partial charge >= 0.3 is 5.97 Å². The van der Waals surface area contributed by atoms with Gasteiger partial charge in [-0.25, -0.2) is 4.79 Å². The van der Waals surface area contributed by atoms with Crippen LogP contribution in [-0.4, -0.2) is 26.2 Å². The molecule has 37 heavy (non-hydrogen) atoms. The number of carbonyl (C=O) groups excluding carboxylic acids is 1. The summed E-state index contributed by atoms with van der Waals surface area (Å²) in [5, 5.41) is 16.2. The van der Waals surface area contributed by atoms with Crippen LogP contribution in [0, 0.1) is 0 Å². The Labute approximate surface area is 231 Å². The van der Waals surface area contributed by atoms with Gasteiger partial charge in [0.2, 0.25) is 5.95 Å². The molecular formula is C26H20BrCl2N5O3. The zero-order chi connectivity index (χ0) is 25.9. The van der Waals surface area contributed by atoms with Crippen LogP contribution in [-0.2, 0) is 22.7 Å². The summed E-state index contributed by atoms with van der Waals surface area (Å²) < 4.78 is 14.2. The van der Waals surface area contributed by atoms with Gasteiger partial charge in [-0.3, -0.25) is 0 Å². The molecule has 0 bridgehead atoms. The van der Waals surface area contributed by atoms with Gasteiger partial charge in [0.05, 0.1) is 5.57 Å². The van der Waals surface area contributed by atoms with E-state index in [1.807, 2.05) is 54.6 Å². The van der Waals surface area contributed by atoms with E-state index < -0.39 is 12.0 Å². The van der Waals surface area contributed by atoms with Crippen LogP contribution >= 0.6 is 39.1 Å². The molecule has 0 saturated carbocycles. The van der Waals surface area contributed by atoms with E-state index in [4.69, 9.17) is 32.7 Å². The summed E-state index contributed by atoms with van der Waals surface area (Å²) in [4.78, 5) is 13.5. The average molecular weight is 601 g/mol. The van der Waals surface area contributed by atoms with Crippen LogP contribution < -0.4 is 10.1 Å². The second-order valence-electron chi connectivity index (χ2n) is 8.28. The smallest absolute Gasteiger partial charge is 0.338 e. The molecule has 0 saturated heterocycles. The number of hydrogen-bond acceptors (Lipinski definition) is 7. The summed E-state index contributed by atoms with van der Waals surface area (Å²) in [7, 11) is 0. The number of tetrazole rings is 1. The molecule has 1 aliphatic rings. The average Bonchev–Trinajstić information content (AvgIpc) is 3.35. The van der Waals surface area contributed by atoms with Crippen LogP contribution in [0.15, 0.2) is 82.5 Å². The quantitative estimate of drug-likeness (QED) is 0.247. The number of ether oxygens (including phenoxy) is 2. The molecule has 1 aliphatic heterocycles.